The Kier molecular flexibility index (Phi) is 8.70. The lowest BCUT2D eigenvalue weighted by molar-refractivity contribution is 0.0694. The number of piperazine rings is 1. The maximum Gasteiger partial charge on any atom is 0.339 e. The van der Waals surface area contributed by atoms with Gasteiger partial charge in [0.15, 0.2) is 0 Å². The van der Waals surface area contributed by atoms with Crippen molar-refractivity contribution in [1.82, 2.24) is 9.80 Å². The molecule has 0 unspecified atom stereocenters. The molecular formula is C33H34ClN3O3. The maximum absolute atomic E-state index is 12.0. The number of nitrogens with zero attached hydrogens (tertiary/aromatic N) is 3. The summed E-state index contributed by atoms with van der Waals surface area (Å²) in [6.45, 7) is 5.12. The van der Waals surface area contributed by atoms with E-state index in [-0.39, 0.29) is 5.56 Å². The zero-order valence-electron chi connectivity index (χ0n) is 22.9. The Bertz CT molecular complexity index is 1460. The van der Waals surface area contributed by atoms with Gasteiger partial charge in [0.05, 0.1) is 0 Å². The van der Waals surface area contributed by atoms with Crippen molar-refractivity contribution < 1.29 is 14.6 Å². The molecule has 1 aliphatic rings. The molecule has 1 heterocycles. The Labute approximate surface area is 241 Å². The van der Waals surface area contributed by atoms with E-state index in [9.17, 15) is 9.90 Å². The molecule has 7 heteroatoms. The number of benzene rings is 4. The molecule has 0 aliphatic carbocycles. The van der Waals surface area contributed by atoms with Gasteiger partial charge in [-0.1, -0.05) is 60.1 Å². The van der Waals surface area contributed by atoms with Crippen LogP contribution in [0.15, 0.2) is 91.0 Å². The van der Waals surface area contributed by atoms with Crippen LogP contribution in [0.25, 0.3) is 11.1 Å². The summed E-state index contributed by atoms with van der Waals surface area (Å²) in [7, 11) is 4.02. The van der Waals surface area contributed by atoms with Crippen molar-refractivity contribution in [1.29, 1.82) is 0 Å². The first kappa shape index (κ1) is 27.7. The van der Waals surface area contributed by atoms with Gasteiger partial charge in [-0.05, 0) is 72.7 Å². The maximum atomic E-state index is 12.0. The topological polar surface area (TPSA) is 56.2 Å². The van der Waals surface area contributed by atoms with Gasteiger partial charge in [-0.2, -0.15) is 0 Å². The molecule has 1 N–H and O–H groups in total. The number of carboxylic acid groups (broad SMARTS) is 1. The van der Waals surface area contributed by atoms with Gasteiger partial charge in [0, 0.05) is 56.0 Å². The van der Waals surface area contributed by atoms with E-state index in [0.717, 1.165) is 61.1 Å². The summed E-state index contributed by atoms with van der Waals surface area (Å²) < 4.78 is 6.14. The number of rotatable bonds is 9. The fourth-order valence-corrected chi connectivity index (χ4v) is 5.27. The van der Waals surface area contributed by atoms with Gasteiger partial charge in [0.1, 0.15) is 17.1 Å². The van der Waals surface area contributed by atoms with Crippen LogP contribution < -0.4 is 9.64 Å². The van der Waals surface area contributed by atoms with E-state index in [1.807, 2.05) is 62.6 Å². The molecule has 5 rings (SSSR count). The highest BCUT2D eigenvalue weighted by Gasteiger charge is 2.21. The third-order valence-corrected chi connectivity index (χ3v) is 7.38. The molecule has 6 nitrogen and oxygen atoms in total. The van der Waals surface area contributed by atoms with Crippen molar-refractivity contribution in [3.8, 4) is 22.6 Å². The second kappa shape index (κ2) is 12.6. The molecule has 0 spiro atoms. The van der Waals surface area contributed by atoms with Gasteiger partial charge in [-0.25, -0.2) is 4.79 Å². The molecule has 0 bridgehead atoms. The van der Waals surface area contributed by atoms with Crippen LogP contribution in [-0.4, -0.2) is 61.2 Å². The lowest BCUT2D eigenvalue weighted by Gasteiger charge is -2.36. The number of hydrogen-bond donors (Lipinski definition) is 1. The SMILES string of the molecule is CN(C)Cc1cccc(Oc2cc(N3CCN(Cc4ccccc4-c4ccc(Cl)cc4)CC3)ccc2C(=O)O)c1. The highest BCUT2D eigenvalue weighted by Crippen LogP contribution is 2.32. The molecule has 206 valence electrons. The summed E-state index contributed by atoms with van der Waals surface area (Å²) in [5, 5.41) is 10.5. The second-order valence-electron chi connectivity index (χ2n) is 10.4. The average Bonchev–Trinajstić information content (AvgIpc) is 2.94. The van der Waals surface area contributed by atoms with E-state index in [1.165, 1.54) is 11.1 Å². The van der Waals surface area contributed by atoms with Gasteiger partial charge in [0.25, 0.3) is 0 Å². The third-order valence-electron chi connectivity index (χ3n) is 7.12. The van der Waals surface area contributed by atoms with Crippen LogP contribution in [0.2, 0.25) is 5.02 Å². The van der Waals surface area contributed by atoms with E-state index >= 15 is 0 Å². The molecule has 0 saturated carbocycles. The van der Waals surface area contributed by atoms with Crippen LogP contribution in [0.4, 0.5) is 5.69 Å². The predicted molar refractivity (Wildman–Crippen MR) is 162 cm³/mol. The number of halogens is 1. The minimum absolute atomic E-state index is 0.152. The van der Waals surface area contributed by atoms with Gasteiger partial charge < -0.3 is 19.6 Å². The average molecular weight is 556 g/mol. The van der Waals surface area contributed by atoms with Crippen molar-refractivity contribution >= 4 is 23.3 Å². The molecule has 0 aromatic heterocycles. The molecule has 0 atom stereocenters. The number of hydrogen-bond acceptors (Lipinski definition) is 5. The van der Waals surface area contributed by atoms with Crippen molar-refractivity contribution in [3.05, 3.63) is 113 Å². The number of ether oxygens (including phenoxy) is 1. The fourth-order valence-electron chi connectivity index (χ4n) is 5.14. The van der Waals surface area contributed by atoms with E-state index in [2.05, 4.69) is 51.1 Å². The van der Waals surface area contributed by atoms with Crippen molar-refractivity contribution in [2.45, 2.75) is 13.1 Å². The van der Waals surface area contributed by atoms with E-state index < -0.39 is 5.97 Å². The molecule has 1 aliphatic heterocycles. The Balaban J connectivity index is 1.28. The molecule has 40 heavy (non-hydrogen) atoms. The van der Waals surface area contributed by atoms with Crippen LogP contribution >= 0.6 is 11.6 Å². The second-order valence-corrected chi connectivity index (χ2v) is 10.8. The number of carboxylic acids is 1. The van der Waals surface area contributed by atoms with Gasteiger partial charge >= 0.3 is 5.97 Å². The van der Waals surface area contributed by atoms with E-state index in [0.29, 0.717) is 11.5 Å². The van der Waals surface area contributed by atoms with Crippen LogP contribution in [0.3, 0.4) is 0 Å². The highest BCUT2D eigenvalue weighted by atomic mass is 35.5. The lowest BCUT2D eigenvalue weighted by Crippen LogP contribution is -2.46. The molecule has 4 aromatic carbocycles. The first-order valence-electron chi connectivity index (χ1n) is 13.5. The minimum Gasteiger partial charge on any atom is -0.478 e. The molecular weight excluding hydrogens is 522 g/mol. The Morgan fingerprint density at radius 3 is 2.38 bits per heavy atom. The predicted octanol–water partition coefficient (Wildman–Crippen LogP) is 6.88. The summed E-state index contributed by atoms with van der Waals surface area (Å²) in [5.74, 6) is -0.0235. The van der Waals surface area contributed by atoms with Crippen LogP contribution in [0.5, 0.6) is 11.5 Å². The van der Waals surface area contributed by atoms with Crippen LogP contribution in [0.1, 0.15) is 21.5 Å². The van der Waals surface area contributed by atoms with Crippen LogP contribution in [-0.2, 0) is 13.1 Å². The fraction of sp³-hybridized carbons (Fsp3) is 0.242. The molecule has 1 saturated heterocycles. The quantitative estimate of drug-likeness (QED) is 0.243. The molecule has 0 amide bonds. The zero-order chi connectivity index (χ0) is 28.1. The lowest BCUT2D eigenvalue weighted by atomic mass is 9.99. The van der Waals surface area contributed by atoms with Gasteiger partial charge in [-0.15, -0.1) is 0 Å². The zero-order valence-corrected chi connectivity index (χ0v) is 23.6. The molecule has 4 aromatic rings. The third kappa shape index (κ3) is 6.83. The Morgan fingerprint density at radius 2 is 1.65 bits per heavy atom. The first-order valence-corrected chi connectivity index (χ1v) is 13.8. The summed E-state index contributed by atoms with van der Waals surface area (Å²) >= 11 is 6.10. The largest absolute Gasteiger partial charge is 0.478 e. The smallest absolute Gasteiger partial charge is 0.339 e. The monoisotopic (exact) mass is 555 g/mol. The first-order chi connectivity index (χ1) is 19.4. The van der Waals surface area contributed by atoms with Crippen LogP contribution in [0, 0.1) is 0 Å². The highest BCUT2D eigenvalue weighted by molar-refractivity contribution is 6.30. The molecule has 1 fully saturated rings. The van der Waals surface area contributed by atoms with Crippen molar-refractivity contribution in [3.63, 3.8) is 0 Å². The summed E-state index contributed by atoms with van der Waals surface area (Å²) in [4.78, 5) is 18.8. The summed E-state index contributed by atoms with van der Waals surface area (Å²) in [6.07, 6.45) is 0. The normalized spacial score (nSPS) is 13.9. The number of aromatic carboxylic acids is 1. The van der Waals surface area contributed by atoms with Crippen molar-refractivity contribution in [2.24, 2.45) is 0 Å². The molecule has 0 radical (unpaired) electrons. The van der Waals surface area contributed by atoms with E-state index in [1.54, 1.807) is 6.07 Å². The number of anilines is 1. The Morgan fingerprint density at radius 1 is 0.900 bits per heavy atom. The number of carbonyl (C=O) groups is 1. The summed E-state index contributed by atoms with van der Waals surface area (Å²) in [6, 6.07) is 29.7. The standard InChI is InChI=1S/C33H34ClN3O3/c1-35(2)22-24-6-5-8-29(20-24)40-32-21-28(14-15-31(32)33(38)39)37-18-16-36(17-19-37)23-26-7-3-4-9-30(26)25-10-12-27(34)13-11-25/h3-15,20-21H,16-19,22-23H2,1-2H3,(H,38,39). The minimum atomic E-state index is -1.00. The van der Waals surface area contributed by atoms with Crippen molar-refractivity contribution in [2.75, 3.05) is 45.2 Å². The van der Waals surface area contributed by atoms with Gasteiger partial charge in [-0.3, -0.25) is 4.90 Å². The summed E-state index contributed by atoms with van der Waals surface area (Å²) in [5.41, 5.74) is 5.89. The van der Waals surface area contributed by atoms with E-state index in [4.69, 9.17) is 16.3 Å². The van der Waals surface area contributed by atoms with Gasteiger partial charge in [0.2, 0.25) is 0 Å². The Hall–Kier alpha value is -3.84.